The molecule has 1 atom stereocenters. The SMILES string of the molecule is CCn1c(-c2ccccc2F)cc(Cc2ccccc2S(=O)c2ccccc2)c1C. The topological polar surface area (TPSA) is 22.0 Å². The van der Waals surface area contributed by atoms with E-state index in [1.54, 1.807) is 6.07 Å². The molecule has 0 radical (unpaired) electrons. The highest BCUT2D eigenvalue weighted by Gasteiger charge is 2.18. The third-order valence-corrected chi connectivity index (χ3v) is 6.95. The summed E-state index contributed by atoms with van der Waals surface area (Å²) < 4.78 is 29.8. The van der Waals surface area contributed by atoms with E-state index in [9.17, 15) is 8.60 Å². The fourth-order valence-corrected chi connectivity index (χ4v) is 5.13. The van der Waals surface area contributed by atoms with Gasteiger partial charge >= 0.3 is 0 Å². The summed E-state index contributed by atoms with van der Waals surface area (Å²) in [5.74, 6) is -0.221. The lowest BCUT2D eigenvalue weighted by Crippen LogP contribution is -2.02. The number of hydrogen-bond acceptors (Lipinski definition) is 1. The largest absolute Gasteiger partial charge is 0.345 e. The van der Waals surface area contributed by atoms with E-state index in [2.05, 4.69) is 24.5 Å². The zero-order valence-corrected chi connectivity index (χ0v) is 18.0. The molecule has 3 aromatic carbocycles. The highest BCUT2D eigenvalue weighted by molar-refractivity contribution is 7.85. The summed E-state index contributed by atoms with van der Waals surface area (Å²) in [6, 6.07) is 26.3. The van der Waals surface area contributed by atoms with E-state index in [-0.39, 0.29) is 5.82 Å². The van der Waals surface area contributed by atoms with Gasteiger partial charge in [-0.05, 0) is 61.4 Å². The molecule has 1 heterocycles. The minimum atomic E-state index is -1.25. The normalized spacial score (nSPS) is 12.1. The van der Waals surface area contributed by atoms with E-state index in [0.29, 0.717) is 12.0 Å². The van der Waals surface area contributed by atoms with E-state index in [0.717, 1.165) is 38.9 Å². The monoisotopic (exact) mass is 417 g/mol. The molecule has 0 N–H and O–H groups in total. The summed E-state index contributed by atoms with van der Waals surface area (Å²) in [6.45, 7) is 4.90. The molecule has 4 aromatic rings. The average molecular weight is 418 g/mol. The first-order chi connectivity index (χ1) is 14.6. The van der Waals surface area contributed by atoms with Crippen LogP contribution in [0.4, 0.5) is 4.39 Å². The minimum absolute atomic E-state index is 0.221. The Morgan fingerprint density at radius 3 is 2.27 bits per heavy atom. The van der Waals surface area contributed by atoms with Crippen LogP contribution >= 0.6 is 0 Å². The van der Waals surface area contributed by atoms with Crippen molar-refractivity contribution in [2.24, 2.45) is 0 Å². The molecule has 1 aromatic heterocycles. The molecule has 0 spiro atoms. The van der Waals surface area contributed by atoms with Crippen molar-refractivity contribution >= 4 is 10.8 Å². The number of hydrogen-bond donors (Lipinski definition) is 0. The van der Waals surface area contributed by atoms with Gasteiger partial charge in [-0.1, -0.05) is 48.5 Å². The Kier molecular flexibility index (Phi) is 5.96. The Hall–Kier alpha value is -2.98. The summed E-state index contributed by atoms with van der Waals surface area (Å²) in [4.78, 5) is 1.61. The van der Waals surface area contributed by atoms with Crippen LogP contribution in [0.1, 0.15) is 23.7 Å². The number of aromatic nitrogens is 1. The second kappa shape index (κ2) is 8.80. The molecule has 0 aliphatic carbocycles. The van der Waals surface area contributed by atoms with Crippen LogP contribution in [0.15, 0.2) is 94.7 Å². The van der Waals surface area contributed by atoms with Gasteiger partial charge in [-0.3, -0.25) is 0 Å². The highest BCUT2D eigenvalue weighted by Crippen LogP contribution is 2.30. The maximum Gasteiger partial charge on any atom is 0.132 e. The molecule has 0 amide bonds. The van der Waals surface area contributed by atoms with E-state index >= 15 is 0 Å². The fourth-order valence-electron chi connectivity index (χ4n) is 3.89. The summed E-state index contributed by atoms with van der Waals surface area (Å²) >= 11 is 0. The first kappa shape index (κ1) is 20.3. The van der Waals surface area contributed by atoms with Gasteiger partial charge in [-0.25, -0.2) is 8.60 Å². The molecule has 30 heavy (non-hydrogen) atoms. The highest BCUT2D eigenvalue weighted by atomic mass is 32.2. The van der Waals surface area contributed by atoms with E-state index in [1.165, 1.54) is 6.07 Å². The van der Waals surface area contributed by atoms with Gasteiger partial charge in [0.1, 0.15) is 5.82 Å². The van der Waals surface area contributed by atoms with Gasteiger partial charge in [0.15, 0.2) is 0 Å². The van der Waals surface area contributed by atoms with Crippen molar-refractivity contribution in [1.29, 1.82) is 0 Å². The summed E-state index contributed by atoms with van der Waals surface area (Å²) in [7, 11) is -1.25. The zero-order chi connectivity index (χ0) is 21.1. The van der Waals surface area contributed by atoms with Gasteiger partial charge < -0.3 is 4.57 Å². The van der Waals surface area contributed by atoms with E-state index in [1.807, 2.05) is 66.7 Å². The Bertz CT molecular complexity index is 1200. The zero-order valence-electron chi connectivity index (χ0n) is 17.1. The molecule has 4 rings (SSSR count). The molecule has 0 saturated heterocycles. The van der Waals surface area contributed by atoms with Crippen molar-refractivity contribution < 1.29 is 8.60 Å². The predicted octanol–water partition coefficient (Wildman–Crippen LogP) is 6.38. The van der Waals surface area contributed by atoms with E-state index < -0.39 is 10.8 Å². The fraction of sp³-hybridized carbons (Fsp3) is 0.154. The van der Waals surface area contributed by atoms with Crippen LogP contribution in [-0.4, -0.2) is 8.78 Å². The molecule has 0 bridgehead atoms. The second-order valence-corrected chi connectivity index (χ2v) is 8.68. The standard InChI is InChI=1S/C26H24FNOS/c1-3-28-19(2)21(18-25(28)23-14-8-9-15-24(23)27)17-20-11-7-10-16-26(20)30(29)22-12-5-4-6-13-22/h4-16,18H,3,17H2,1-2H3. The van der Waals surface area contributed by atoms with E-state index in [4.69, 9.17) is 0 Å². The molecule has 2 nitrogen and oxygen atoms in total. The summed E-state index contributed by atoms with van der Waals surface area (Å²) in [5, 5.41) is 0. The van der Waals surface area contributed by atoms with Crippen molar-refractivity contribution in [1.82, 2.24) is 4.57 Å². The molecule has 1 unspecified atom stereocenters. The van der Waals surface area contributed by atoms with Gasteiger partial charge in [-0.2, -0.15) is 0 Å². The lowest BCUT2D eigenvalue weighted by molar-refractivity contribution is 0.627. The quantitative estimate of drug-likeness (QED) is 0.357. The van der Waals surface area contributed by atoms with Gasteiger partial charge in [0.25, 0.3) is 0 Å². The van der Waals surface area contributed by atoms with Crippen molar-refractivity contribution in [2.75, 3.05) is 0 Å². The lowest BCUT2D eigenvalue weighted by atomic mass is 10.0. The van der Waals surface area contributed by atoms with Crippen LogP contribution in [0.2, 0.25) is 0 Å². The van der Waals surface area contributed by atoms with Crippen molar-refractivity contribution in [3.63, 3.8) is 0 Å². The van der Waals surface area contributed by atoms with Crippen LogP contribution in [-0.2, 0) is 23.8 Å². The van der Waals surface area contributed by atoms with Crippen LogP contribution in [0.25, 0.3) is 11.3 Å². The Morgan fingerprint density at radius 2 is 1.53 bits per heavy atom. The number of halogens is 1. The summed E-state index contributed by atoms with van der Waals surface area (Å²) in [6.07, 6.45) is 0.648. The Labute approximate surface area is 179 Å². The molecule has 4 heteroatoms. The molecule has 0 aliphatic rings. The first-order valence-corrected chi connectivity index (χ1v) is 11.2. The molecule has 0 saturated carbocycles. The maximum absolute atomic E-state index is 14.5. The average Bonchev–Trinajstić information content (AvgIpc) is 3.09. The maximum atomic E-state index is 14.5. The Balaban J connectivity index is 1.75. The summed E-state index contributed by atoms with van der Waals surface area (Å²) in [5.41, 5.74) is 4.74. The third-order valence-electron chi connectivity index (χ3n) is 5.45. The van der Waals surface area contributed by atoms with Crippen LogP contribution < -0.4 is 0 Å². The number of rotatable bonds is 6. The van der Waals surface area contributed by atoms with Crippen LogP contribution in [0.5, 0.6) is 0 Å². The van der Waals surface area contributed by atoms with Gasteiger partial charge in [-0.15, -0.1) is 0 Å². The molecule has 0 fully saturated rings. The van der Waals surface area contributed by atoms with Crippen molar-refractivity contribution in [2.45, 2.75) is 36.6 Å². The second-order valence-electron chi connectivity index (χ2n) is 7.23. The van der Waals surface area contributed by atoms with Gasteiger partial charge in [0.2, 0.25) is 0 Å². The molecule has 152 valence electrons. The van der Waals surface area contributed by atoms with Gasteiger partial charge in [0.05, 0.1) is 16.5 Å². The van der Waals surface area contributed by atoms with Crippen molar-refractivity contribution in [3.8, 4) is 11.3 Å². The van der Waals surface area contributed by atoms with Crippen LogP contribution in [0.3, 0.4) is 0 Å². The lowest BCUT2D eigenvalue weighted by Gasteiger charge is -2.11. The van der Waals surface area contributed by atoms with Crippen LogP contribution in [0, 0.1) is 12.7 Å². The number of nitrogens with zero attached hydrogens (tertiary/aromatic N) is 1. The first-order valence-electron chi connectivity index (χ1n) is 10.1. The molecular weight excluding hydrogens is 393 g/mol. The molecule has 0 aliphatic heterocycles. The smallest absolute Gasteiger partial charge is 0.132 e. The van der Waals surface area contributed by atoms with Crippen molar-refractivity contribution in [3.05, 3.63) is 108 Å². The third kappa shape index (κ3) is 3.88. The molecular formula is C26H24FNOS. The number of benzene rings is 3. The predicted molar refractivity (Wildman–Crippen MR) is 121 cm³/mol. The minimum Gasteiger partial charge on any atom is -0.345 e. The van der Waals surface area contributed by atoms with Gasteiger partial charge in [0, 0.05) is 34.0 Å². The Morgan fingerprint density at radius 1 is 0.867 bits per heavy atom.